The molecule has 0 spiro atoms. The van der Waals surface area contributed by atoms with Crippen LogP contribution in [0.5, 0.6) is 0 Å². The van der Waals surface area contributed by atoms with Crippen molar-refractivity contribution in [1.82, 2.24) is 20.6 Å². The molecule has 27 heavy (non-hydrogen) atoms. The van der Waals surface area contributed by atoms with Gasteiger partial charge < -0.3 is 8.83 Å². The van der Waals surface area contributed by atoms with E-state index in [2.05, 4.69) is 25.7 Å². The number of hydrazone groups is 1. The Bertz CT molecular complexity index is 984. The summed E-state index contributed by atoms with van der Waals surface area (Å²) in [5.74, 6) is -0.752. The van der Waals surface area contributed by atoms with Crippen molar-refractivity contribution in [3.8, 4) is 11.7 Å². The van der Waals surface area contributed by atoms with Crippen molar-refractivity contribution in [2.75, 3.05) is 5.75 Å². The molecule has 0 aliphatic rings. The molecule has 1 N–H and O–H groups in total. The molecule has 0 aromatic carbocycles. The number of nitrogens with zero attached hydrogens (tertiary/aromatic N) is 5. The Kier molecular flexibility index (Phi) is 5.56. The monoisotopic (exact) mass is 388 g/mol. The van der Waals surface area contributed by atoms with Crippen LogP contribution < -0.4 is 5.43 Å². The lowest BCUT2D eigenvalue weighted by molar-refractivity contribution is -0.401. The number of hydrogen-bond acceptors (Lipinski definition) is 10. The standard InChI is InChI=1S/C15H12N6O5S/c1-9(10-3-2-6-16-7-10)17-18-12(22)8-27-15-20-19-14(26-15)11-4-5-13(25-11)21(23)24/h2-7H,8H2,1H3,(H,18,22)/b17-9+. The fourth-order valence-electron chi connectivity index (χ4n) is 1.86. The molecule has 3 rings (SSSR count). The van der Waals surface area contributed by atoms with Crippen molar-refractivity contribution in [2.24, 2.45) is 5.10 Å². The zero-order valence-electron chi connectivity index (χ0n) is 13.9. The van der Waals surface area contributed by atoms with Gasteiger partial charge in [0.2, 0.25) is 0 Å². The Balaban J connectivity index is 1.53. The van der Waals surface area contributed by atoms with Crippen LogP contribution in [-0.2, 0) is 4.79 Å². The number of thioether (sulfide) groups is 1. The summed E-state index contributed by atoms with van der Waals surface area (Å²) < 4.78 is 10.3. The average Bonchev–Trinajstić information content (AvgIpc) is 3.34. The maximum atomic E-state index is 11.9. The normalized spacial score (nSPS) is 11.4. The summed E-state index contributed by atoms with van der Waals surface area (Å²) in [7, 11) is 0. The molecule has 12 heteroatoms. The first-order valence-electron chi connectivity index (χ1n) is 7.47. The van der Waals surface area contributed by atoms with E-state index in [1.165, 1.54) is 12.1 Å². The van der Waals surface area contributed by atoms with E-state index in [0.29, 0.717) is 5.71 Å². The van der Waals surface area contributed by atoms with E-state index in [1.54, 1.807) is 25.4 Å². The van der Waals surface area contributed by atoms with Gasteiger partial charge in [-0.15, -0.1) is 10.2 Å². The van der Waals surface area contributed by atoms with Crippen molar-refractivity contribution in [3.05, 3.63) is 52.3 Å². The molecule has 0 saturated heterocycles. The Morgan fingerprint density at radius 3 is 2.89 bits per heavy atom. The van der Waals surface area contributed by atoms with Gasteiger partial charge in [0.1, 0.15) is 4.92 Å². The predicted molar refractivity (Wildman–Crippen MR) is 94.0 cm³/mol. The van der Waals surface area contributed by atoms with Crippen LogP contribution in [-0.4, -0.2) is 37.5 Å². The quantitative estimate of drug-likeness (QED) is 0.278. The third kappa shape index (κ3) is 4.76. The predicted octanol–water partition coefficient (Wildman–Crippen LogP) is 2.27. The molecule has 0 atom stereocenters. The van der Waals surface area contributed by atoms with Gasteiger partial charge in [-0.05, 0) is 19.1 Å². The number of nitro groups is 1. The zero-order valence-corrected chi connectivity index (χ0v) is 14.7. The van der Waals surface area contributed by atoms with Crippen LogP contribution in [0.1, 0.15) is 12.5 Å². The topological polar surface area (TPSA) is 150 Å². The minimum Gasteiger partial charge on any atom is -0.408 e. The summed E-state index contributed by atoms with van der Waals surface area (Å²) in [5, 5.41) is 22.2. The van der Waals surface area contributed by atoms with Gasteiger partial charge in [-0.3, -0.25) is 19.9 Å². The number of hydrogen-bond donors (Lipinski definition) is 1. The van der Waals surface area contributed by atoms with Crippen LogP contribution in [0.3, 0.4) is 0 Å². The van der Waals surface area contributed by atoms with E-state index in [1.807, 2.05) is 6.07 Å². The molecule has 0 aliphatic carbocycles. The van der Waals surface area contributed by atoms with E-state index in [4.69, 9.17) is 8.83 Å². The first-order chi connectivity index (χ1) is 13.0. The second kappa shape index (κ2) is 8.23. The summed E-state index contributed by atoms with van der Waals surface area (Å²) in [6.45, 7) is 1.75. The van der Waals surface area contributed by atoms with E-state index in [-0.39, 0.29) is 28.5 Å². The van der Waals surface area contributed by atoms with E-state index < -0.39 is 10.8 Å². The number of rotatable bonds is 7. The van der Waals surface area contributed by atoms with Gasteiger partial charge >= 0.3 is 5.88 Å². The molecule has 3 heterocycles. The Hall–Kier alpha value is -3.54. The van der Waals surface area contributed by atoms with Crippen LogP contribution in [0, 0.1) is 10.1 Å². The molecule has 0 bridgehead atoms. The summed E-state index contributed by atoms with van der Waals surface area (Å²) in [5.41, 5.74) is 3.83. The van der Waals surface area contributed by atoms with Crippen molar-refractivity contribution in [3.63, 3.8) is 0 Å². The molecular formula is C15H12N6O5S. The SMILES string of the molecule is C/C(=N\NC(=O)CSc1nnc(-c2ccc([N+](=O)[O-])o2)o1)c1cccnc1. The Morgan fingerprint density at radius 1 is 1.33 bits per heavy atom. The van der Waals surface area contributed by atoms with Crippen molar-refractivity contribution in [2.45, 2.75) is 12.1 Å². The van der Waals surface area contributed by atoms with Gasteiger partial charge in [-0.25, -0.2) is 5.43 Å². The number of amides is 1. The number of carbonyl (C=O) groups is 1. The van der Waals surface area contributed by atoms with Crippen molar-refractivity contribution in [1.29, 1.82) is 0 Å². The highest BCUT2D eigenvalue weighted by Crippen LogP contribution is 2.27. The lowest BCUT2D eigenvalue weighted by atomic mass is 10.2. The van der Waals surface area contributed by atoms with E-state index in [0.717, 1.165) is 17.3 Å². The first-order valence-corrected chi connectivity index (χ1v) is 8.46. The van der Waals surface area contributed by atoms with Crippen molar-refractivity contribution >= 4 is 29.3 Å². The molecule has 0 radical (unpaired) electrons. The highest BCUT2D eigenvalue weighted by Gasteiger charge is 2.18. The van der Waals surface area contributed by atoms with Gasteiger partial charge in [0, 0.05) is 18.0 Å². The molecule has 138 valence electrons. The van der Waals surface area contributed by atoms with Crippen LogP contribution in [0.2, 0.25) is 0 Å². The molecule has 0 unspecified atom stereocenters. The fraction of sp³-hybridized carbons (Fsp3) is 0.133. The zero-order chi connectivity index (χ0) is 19.2. The fourth-order valence-corrected chi connectivity index (χ4v) is 2.41. The summed E-state index contributed by atoms with van der Waals surface area (Å²) >= 11 is 0.995. The van der Waals surface area contributed by atoms with E-state index >= 15 is 0 Å². The molecule has 3 aromatic heterocycles. The minimum absolute atomic E-state index is 0.0102. The van der Waals surface area contributed by atoms with E-state index in [9.17, 15) is 14.9 Å². The Labute approximate surface area is 156 Å². The summed E-state index contributed by atoms with van der Waals surface area (Å²) in [6, 6.07) is 6.13. The molecule has 0 saturated carbocycles. The van der Waals surface area contributed by atoms with Gasteiger partial charge in [0.05, 0.1) is 17.5 Å². The van der Waals surface area contributed by atoms with Gasteiger partial charge in [-0.1, -0.05) is 17.8 Å². The number of furan rings is 1. The van der Waals surface area contributed by atoms with Crippen LogP contribution in [0.15, 0.2) is 55.8 Å². The smallest absolute Gasteiger partial charge is 0.408 e. The molecule has 1 amide bonds. The van der Waals surface area contributed by atoms with Crippen LogP contribution in [0.4, 0.5) is 5.88 Å². The number of nitrogens with one attached hydrogen (secondary N) is 1. The maximum absolute atomic E-state index is 11.9. The number of carbonyl (C=O) groups excluding carboxylic acids is 1. The highest BCUT2D eigenvalue weighted by atomic mass is 32.2. The third-order valence-corrected chi connectivity index (χ3v) is 3.96. The lowest BCUT2D eigenvalue weighted by Gasteiger charge is -2.01. The molecule has 3 aromatic rings. The second-order valence-corrected chi connectivity index (χ2v) is 5.96. The number of aromatic nitrogens is 3. The first kappa shape index (κ1) is 18.3. The Morgan fingerprint density at radius 2 is 2.19 bits per heavy atom. The highest BCUT2D eigenvalue weighted by molar-refractivity contribution is 7.99. The average molecular weight is 388 g/mol. The van der Waals surface area contributed by atoms with Crippen LogP contribution in [0.25, 0.3) is 11.7 Å². The molecule has 11 nitrogen and oxygen atoms in total. The largest absolute Gasteiger partial charge is 0.433 e. The molecular weight excluding hydrogens is 376 g/mol. The van der Waals surface area contributed by atoms with Crippen molar-refractivity contribution < 1.29 is 18.6 Å². The minimum atomic E-state index is -0.673. The third-order valence-electron chi connectivity index (χ3n) is 3.14. The summed E-state index contributed by atoms with van der Waals surface area (Å²) in [6.07, 6.45) is 3.28. The number of pyridine rings is 1. The van der Waals surface area contributed by atoms with Gasteiger partial charge in [0.25, 0.3) is 17.0 Å². The second-order valence-electron chi connectivity index (χ2n) is 5.03. The molecule has 0 fully saturated rings. The van der Waals surface area contributed by atoms with Gasteiger partial charge in [0.15, 0.2) is 5.76 Å². The lowest BCUT2D eigenvalue weighted by Crippen LogP contribution is -2.21. The summed E-state index contributed by atoms with van der Waals surface area (Å²) in [4.78, 5) is 25.8. The maximum Gasteiger partial charge on any atom is 0.433 e. The van der Waals surface area contributed by atoms with Gasteiger partial charge in [-0.2, -0.15) is 5.10 Å². The molecule has 0 aliphatic heterocycles. The van der Waals surface area contributed by atoms with Crippen LogP contribution >= 0.6 is 11.8 Å².